The topological polar surface area (TPSA) is 57.6 Å². The Labute approximate surface area is 186 Å². The van der Waals surface area contributed by atoms with Gasteiger partial charge in [-0.05, 0) is 55.7 Å². The number of ketones is 1. The number of carbonyl (C=O) groups is 2. The largest absolute Gasteiger partial charge is 0.507 e. The van der Waals surface area contributed by atoms with Crippen molar-refractivity contribution < 1.29 is 19.1 Å². The number of nitrogens with zero attached hydrogens (tertiary/aromatic N) is 1. The summed E-state index contributed by atoms with van der Waals surface area (Å²) >= 11 is 0. The van der Waals surface area contributed by atoms with Gasteiger partial charge in [0.2, 0.25) is 0 Å². The third kappa shape index (κ3) is 3.94. The van der Waals surface area contributed by atoms with Crippen LogP contribution in [0.5, 0.6) is 0 Å². The van der Waals surface area contributed by atoms with E-state index >= 15 is 0 Å². The molecule has 0 saturated carbocycles. The highest BCUT2D eigenvalue weighted by molar-refractivity contribution is 6.46. The summed E-state index contributed by atoms with van der Waals surface area (Å²) in [5.74, 6) is -1.97. The Morgan fingerprint density at radius 3 is 2.31 bits per heavy atom. The molecule has 3 aromatic rings. The molecule has 0 spiro atoms. The van der Waals surface area contributed by atoms with Gasteiger partial charge in [0, 0.05) is 12.1 Å². The molecule has 1 N–H and O–H groups in total. The highest BCUT2D eigenvalue weighted by Crippen LogP contribution is 2.41. The Bertz CT molecular complexity index is 1240. The molecule has 5 heteroatoms. The van der Waals surface area contributed by atoms with E-state index in [0.717, 1.165) is 22.3 Å². The number of likely N-dealkylation sites (tertiary alicyclic amines) is 1. The van der Waals surface area contributed by atoms with Crippen LogP contribution in [-0.2, 0) is 16.1 Å². The van der Waals surface area contributed by atoms with Crippen molar-refractivity contribution in [1.29, 1.82) is 0 Å². The average Bonchev–Trinajstić information content (AvgIpc) is 3.01. The fourth-order valence-electron chi connectivity index (χ4n) is 4.15. The van der Waals surface area contributed by atoms with Crippen molar-refractivity contribution in [2.24, 2.45) is 0 Å². The molecule has 1 unspecified atom stereocenters. The monoisotopic (exact) mass is 429 g/mol. The fraction of sp³-hybridized carbons (Fsp3) is 0.185. The molecule has 0 aromatic heterocycles. The van der Waals surface area contributed by atoms with E-state index in [1.54, 1.807) is 12.1 Å². The van der Waals surface area contributed by atoms with E-state index in [1.807, 2.05) is 63.2 Å². The van der Waals surface area contributed by atoms with Gasteiger partial charge in [0.05, 0.1) is 11.6 Å². The van der Waals surface area contributed by atoms with Gasteiger partial charge in [-0.1, -0.05) is 59.7 Å². The van der Waals surface area contributed by atoms with Crippen LogP contribution in [-0.4, -0.2) is 21.7 Å². The minimum Gasteiger partial charge on any atom is -0.507 e. The van der Waals surface area contributed by atoms with E-state index < -0.39 is 17.7 Å². The Hall–Kier alpha value is -3.73. The second-order valence-corrected chi connectivity index (χ2v) is 8.29. The van der Waals surface area contributed by atoms with Crippen molar-refractivity contribution in [1.82, 2.24) is 4.90 Å². The van der Waals surface area contributed by atoms with E-state index in [4.69, 9.17) is 0 Å². The van der Waals surface area contributed by atoms with Crippen LogP contribution in [0.25, 0.3) is 5.76 Å². The van der Waals surface area contributed by atoms with Crippen LogP contribution in [0.2, 0.25) is 0 Å². The number of amides is 1. The standard InChI is InChI=1S/C27H24FNO3/c1-16-5-4-6-20(13-16)24-23(25(30)22-14-17(2)7-8-18(22)3)26(31)27(32)29(24)15-19-9-11-21(28)12-10-19/h4-14,24,30H,15H2,1-3H3/b25-23+. The first kappa shape index (κ1) is 21.5. The molecule has 1 amide bonds. The van der Waals surface area contributed by atoms with Gasteiger partial charge in [0.15, 0.2) is 0 Å². The average molecular weight is 429 g/mol. The van der Waals surface area contributed by atoms with E-state index in [2.05, 4.69) is 0 Å². The fourth-order valence-corrected chi connectivity index (χ4v) is 4.15. The Balaban J connectivity index is 1.89. The first-order valence-corrected chi connectivity index (χ1v) is 10.4. The lowest BCUT2D eigenvalue weighted by molar-refractivity contribution is -0.140. The third-order valence-corrected chi connectivity index (χ3v) is 5.81. The second kappa shape index (κ2) is 8.42. The number of hydrogen-bond donors (Lipinski definition) is 1. The van der Waals surface area contributed by atoms with Crippen LogP contribution in [0.1, 0.15) is 39.4 Å². The van der Waals surface area contributed by atoms with E-state index in [-0.39, 0.29) is 23.7 Å². The summed E-state index contributed by atoms with van der Waals surface area (Å²) in [6.07, 6.45) is 0. The molecule has 4 rings (SSSR count). The van der Waals surface area contributed by atoms with Crippen LogP contribution < -0.4 is 0 Å². The smallest absolute Gasteiger partial charge is 0.295 e. The number of hydrogen-bond acceptors (Lipinski definition) is 3. The van der Waals surface area contributed by atoms with Gasteiger partial charge in [-0.2, -0.15) is 0 Å². The molecule has 0 radical (unpaired) electrons. The van der Waals surface area contributed by atoms with E-state index in [9.17, 15) is 19.1 Å². The molecule has 0 bridgehead atoms. The van der Waals surface area contributed by atoms with Crippen LogP contribution in [0.15, 0.2) is 72.3 Å². The summed E-state index contributed by atoms with van der Waals surface area (Å²) in [5.41, 5.74) is 4.74. The van der Waals surface area contributed by atoms with Crippen molar-refractivity contribution in [3.63, 3.8) is 0 Å². The lowest BCUT2D eigenvalue weighted by Gasteiger charge is -2.26. The number of rotatable bonds is 4. The normalized spacial score (nSPS) is 17.8. The Kier molecular flexibility index (Phi) is 5.66. The van der Waals surface area contributed by atoms with Gasteiger partial charge in [0.1, 0.15) is 11.6 Å². The summed E-state index contributed by atoms with van der Waals surface area (Å²) in [6.45, 7) is 5.81. The van der Waals surface area contributed by atoms with Gasteiger partial charge < -0.3 is 10.0 Å². The highest BCUT2D eigenvalue weighted by Gasteiger charge is 2.46. The zero-order chi connectivity index (χ0) is 23.0. The summed E-state index contributed by atoms with van der Waals surface area (Å²) in [7, 11) is 0. The first-order valence-electron chi connectivity index (χ1n) is 10.4. The van der Waals surface area contributed by atoms with Crippen LogP contribution in [0, 0.1) is 26.6 Å². The molecule has 1 aliphatic heterocycles. The molecule has 1 saturated heterocycles. The maximum atomic E-state index is 13.4. The number of carbonyl (C=O) groups excluding carboxylic acids is 2. The molecule has 4 nitrogen and oxygen atoms in total. The molecule has 32 heavy (non-hydrogen) atoms. The van der Waals surface area contributed by atoms with Gasteiger partial charge in [0.25, 0.3) is 11.7 Å². The molecule has 3 aromatic carbocycles. The molecule has 1 aliphatic rings. The quantitative estimate of drug-likeness (QED) is 0.344. The first-order chi connectivity index (χ1) is 15.3. The van der Waals surface area contributed by atoms with Crippen LogP contribution in [0.3, 0.4) is 0 Å². The van der Waals surface area contributed by atoms with Crippen LogP contribution in [0.4, 0.5) is 4.39 Å². The number of aliphatic hydroxyl groups is 1. The van der Waals surface area contributed by atoms with Crippen molar-refractivity contribution in [3.05, 3.63) is 112 Å². The molecular formula is C27H24FNO3. The SMILES string of the molecule is Cc1cccc(C2/C(=C(\O)c3cc(C)ccc3C)C(=O)C(=O)N2Cc2ccc(F)cc2)c1. The summed E-state index contributed by atoms with van der Waals surface area (Å²) in [4.78, 5) is 27.7. The zero-order valence-electron chi connectivity index (χ0n) is 18.2. The molecule has 1 heterocycles. The molecule has 162 valence electrons. The van der Waals surface area contributed by atoms with Crippen molar-refractivity contribution in [2.75, 3.05) is 0 Å². The third-order valence-electron chi connectivity index (χ3n) is 5.81. The summed E-state index contributed by atoms with van der Waals surface area (Å²) in [6, 6.07) is 18.2. The number of benzene rings is 3. The lowest BCUT2D eigenvalue weighted by atomic mass is 9.92. The van der Waals surface area contributed by atoms with Crippen molar-refractivity contribution >= 4 is 17.4 Å². The molecule has 0 aliphatic carbocycles. The minimum absolute atomic E-state index is 0.0661. The number of aryl methyl sites for hydroxylation is 3. The summed E-state index contributed by atoms with van der Waals surface area (Å²) < 4.78 is 13.4. The maximum Gasteiger partial charge on any atom is 0.295 e. The minimum atomic E-state index is -0.750. The van der Waals surface area contributed by atoms with E-state index in [0.29, 0.717) is 11.1 Å². The number of Topliss-reactive ketones (excluding diaryl/α,β-unsaturated/α-hetero) is 1. The summed E-state index contributed by atoms with van der Waals surface area (Å²) in [5, 5.41) is 11.3. The molecule has 1 fully saturated rings. The number of halogens is 1. The van der Waals surface area contributed by atoms with E-state index in [1.165, 1.54) is 17.0 Å². The highest BCUT2D eigenvalue weighted by atomic mass is 19.1. The Morgan fingerprint density at radius 2 is 1.62 bits per heavy atom. The van der Waals surface area contributed by atoms with Gasteiger partial charge in [-0.15, -0.1) is 0 Å². The van der Waals surface area contributed by atoms with Gasteiger partial charge in [-0.3, -0.25) is 9.59 Å². The Morgan fingerprint density at radius 1 is 0.938 bits per heavy atom. The van der Waals surface area contributed by atoms with Crippen molar-refractivity contribution in [3.8, 4) is 0 Å². The lowest BCUT2D eigenvalue weighted by Crippen LogP contribution is -2.29. The maximum absolute atomic E-state index is 13.4. The number of aliphatic hydroxyl groups excluding tert-OH is 1. The zero-order valence-corrected chi connectivity index (χ0v) is 18.2. The molecule has 1 atom stereocenters. The van der Waals surface area contributed by atoms with Crippen LogP contribution >= 0.6 is 0 Å². The van der Waals surface area contributed by atoms with Crippen molar-refractivity contribution in [2.45, 2.75) is 33.4 Å². The predicted octanol–water partition coefficient (Wildman–Crippen LogP) is 5.37. The molecular weight excluding hydrogens is 405 g/mol. The second-order valence-electron chi connectivity index (χ2n) is 8.29. The van der Waals surface area contributed by atoms with Gasteiger partial charge >= 0.3 is 0 Å². The van der Waals surface area contributed by atoms with Gasteiger partial charge in [-0.25, -0.2) is 4.39 Å². The predicted molar refractivity (Wildman–Crippen MR) is 121 cm³/mol.